The first-order valence-corrected chi connectivity index (χ1v) is 7.17. The van der Waals surface area contributed by atoms with E-state index in [0.717, 1.165) is 10.3 Å². The smallest absolute Gasteiger partial charge is 0.150 e. The Bertz CT molecular complexity index is 740. The van der Waals surface area contributed by atoms with Gasteiger partial charge in [-0.25, -0.2) is 4.39 Å². The molecule has 5 heteroatoms. The van der Waals surface area contributed by atoms with Crippen LogP contribution in [0.25, 0.3) is 10.9 Å². The lowest BCUT2D eigenvalue weighted by molar-refractivity contribution is 0.630. The Hall–Kier alpha value is -2.14. The lowest BCUT2D eigenvalue weighted by atomic mass is 10.1. The number of nitrogens with zero attached hydrogens (tertiary/aromatic N) is 1. The number of hydrogen-bond acceptors (Lipinski definition) is 4. The van der Waals surface area contributed by atoms with Crippen molar-refractivity contribution in [2.45, 2.75) is 13.0 Å². The molecule has 1 aromatic carbocycles. The summed E-state index contributed by atoms with van der Waals surface area (Å²) in [5.74, 6) is -0.378. The molecule has 1 unspecified atom stereocenters. The molecule has 102 valence electrons. The lowest BCUT2D eigenvalue weighted by Gasteiger charge is -2.16. The van der Waals surface area contributed by atoms with Crippen LogP contribution in [0.5, 0.6) is 0 Å². The van der Waals surface area contributed by atoms with Crippen molar-refractivity contribution in [3.63, 3.8) is 0 Å². The Morgan fingerprint density at radius 2 is 2.20 bits per heavy atom. The first-order valence-electron chi connectivity index (χ1n) is 6.29. The zero-order valence-electron chi connectivity index (χ0n) is 10.9. The Labute approximate surface area is 120 Å². The van der Waals surface area contributed by atoms with Crippen molar-refractivity contribution in [1.29, 1.82) is 0 Å². The van der Waals surface area contributed by atoms with Crippen LogP contribution in [0, 0.1) is 5.82 Å². The molecule has 0 aliphatic heterocycles. The fourth-order valence-corrected chi connectivity index (χ4v) is 2.93. The minimum absolute atomic E-state index is 0.0123. The number of anilines is 2. The number of benzene rings is 1. The van der Waals surface area contributed by atoms with Gasteiger partial charge in [-0.3, -0.25) is 4.98 Å². The third-order valence-corrected chi connectivity index (χ3v) is 4.26. The van der Waals surface area contributed by atoms with Crippen LogP contribution in [0.4, 0.5) is 15.8 Å². The summed E-state index contributed by atoms with van der Waals surface area (Å²) in [6.45, 7) is 2.00. The van der Waals surface area contributed by atoms with E-state index in [2.05, 4.69) is 10.3 Å². The molecule has 0 aliphatic rings. The van der Waals surface area contributed by atoms with Crippen LogP contribution >= 0.6 is 11.3 Å². The maximum absolute atomic E-state index is 14.2. The molecule has 0 aliphatic carbocycles. The van der Waals surface area contributed by atoms with Gasteiger partial charge in [-0.15, -0.1) is 11.3 Å². The molecule has 3 nitrogen and oxygen atoms in total. The topological polar surface area (TPSA) is 50.9 Å². The van der Waals surface area contributed by atoms with Crippen molar-refractivity contribution in [2.75, 3.05) is 11.1 Å². The molecule has 0 saturated carbocycles. The van der Waals surface area contributed by atoms with Gasteiger partial charge in [0.15, 0.2) is 5.82 Å². The molecule has 2 aromatic heterocycles. The van der Waals surface area contributed by atoms with Gasteiger partial charge in [0, 0.05) is 22.1 Å². The van der Waals surface area contributed by atoms with Gasteiger partial charge in [-0.1, -0.05) is 6.07 Å². The van der Waals surface area contributed by atoms with E-state index in [1.807, 2.05) is 30.5 Å². The molecule has 2 heterocycles. The monoisotopic (exact) mass is 287 g/mol. The third-order valence-electron chi connectivity index (χ3n) is 3.21. The number of hydrogen-bond donors (Lipinski definition) is 2. The molecule has 0 amide bonds. The molecular formula is C15H14FN3S. The van der Waals surface area contributed by atoms with Gasteiger partial charge in [-0.05, 0) is 36.6 Å². The normalized spacial score (nSPS) is 12.5. The predicted octanol–water partition coefficient (Wildman–Crippen LogP) is 4.19. The average Bonchev–Trinajstić information content (AvgIpc) is 2.97. The fourth-order valence-electron chi connectivity index (χ4n) is 2.20. The molecule has 3 rings (SSSR count). The highest BCUT2D eigenvalue weighted by Gasteiger charge is 2.15. The van der Waals surface area contributed by atoms with E-state index in [1.54, 1.807) is 23.6 Å². The van der Waals surface area contributed by atoms with E-state index in [1.165, 1.54) is 6.07 Å². The van der Waals surface area contributed by atoms with Gasteiger partial charge in [0.1, 0.15) is 0 Å². The molecule has 0 bridgehead atoms. The summed E-state index contributed by atoms with van der Waals surface area (Å²) in [5.41, 5.74) is 7.21. The van der Waals surface area contributed by atoms with Crippen molar-refractivity contribution >= 4 is 33.6 Å². The van der Waals surface area contributed by atoms with Crippen molar-refractivity contribution in [3.8, 4) is 0 Å². The van der Waals surface area contributed by atoms with Crippen LogP contribution in [0.15, 0.2) is 41.9 Å². The summed E-state index contributed by atoms with van der Waals surface area (Å²) in [6.07, 6.45) is 1.64. The van der Waals surface area contributed by atoms with Crippen molar-refractivity contribution in [2.24, 2.45) is 0 Å². The van der Waals surface area contributed by atoms with Crippen LogP contribution in [-0.2, 0) is 0 Å². The summed E-state index contributed by atoms with van der Waals surface area (Å²) in [4.78, 5) is 5.40. The number of halogens is 1. The van der Waals surface area contributed by atoms with E-state index in [9.17, 15) is 4.39 Å². The third kappa shape index (κ3) is 2.20. The summed E-state index contributed by atoms with van der Waals surface area (Å²) in [5, 5.41) is 5.96. The van der Waals surface area contributed by atoms with Gasteiger partial charge in [0.2, 0.25) is 0 Å². The van der Waals surface area contributed by atoms with E-state index < -0.39 is 0 Å². The standard InChI is InChI=1S/C15H14FN3S/c1-9(13-5-3-7-20-13)19-15-11(16)8-12(17)10-4-2-6-18-14(10)15/h2-9,19H,17H2,1H3. The maximum atomic E-state index is 14.2. The SMILES string of the molecule is CC(Nc1c(F)cc(N)c2cccnc12)c1cccs1. The lowest BCUT2D eigenvalue weighted by Crippen LogP contribution is -2.08. The summed E-state index contributed by atoms with van der Waals surface area (Å²) < 4.78 is 14.2. The number of nitrogen functional groups attached to an aromatic ring is 1. The summed E-state index contributed by atoms with van der Waals surface area (Å²) >= 11 is 1.63. The van der Waals surface area contributed by atoms with Gasteiger partial charge in [0.25, 0.3) is 0 Å². The molecule has 3 aromatic rings. The van der Waals surface area contributed by atoms with Gasteiger partial charge in [0.05, 0.1) is 17.2 Å². The number of aromatic nitrogens is 1. The largest absolute Gasteiger partial charge is 0.398 e. The minimum atomic E-state index is -0.378. The van der Waals surface area contributed by atoms with Gasteiger partial charge in [-0.2, -0.15) is 0 Å². The number of nitrogens with one attached hydrogen (secondary N) is 1. The fraction of sp³-hybridized carbons (Fsp3) is 0.133. The number of rotatable bonds is 3. The maximum Gasteiger partial charge on any atom is 0.150 e. The zero-order chi connectivity index (χ0) is 14.1. The van der Waals surface area contributed by atoms with Crippen molar-refractivity contribution < 1.29 is 4.39 Å². The Morgan fingerprint density at radius 1 is 1.35 bits per heavy atom. The van der Waals surface area contributed by atoms with E-state index >= 15 is 0 Å². The van der Waals surface area contributed by atoms with E-state index in [0.29, 0.717) is 16.9 Å². The van der Waals surface area contributed by atoms with Crippen LogP contribution in [0.2, 0.25) is 0 Å². The molecule has 0 saturated heterocycles. The molecule has 3 N–H and O–H groups in total. The molecule has 0 fully saturated rings. The molecular weight excluding hydrogens is 273 g/mol. The highest BCUT2D eigenvalue weighted by molar-refractivity contribution is 7.10. The predicted molar refractivity (Wildman–Crippen MR) is 82.5 cm³/mol. The Balaban J connectivity index is 2.07. The highest BCUT2D eigenvalue weighted by Crippen LogP contribution is 2.32. The second-order valence-corrected chi connectivity index (χ2v) is 5.58. The van der Waals surface area contributed by atoms with E-state index in [-0.39, 0.29) is 11.9 Å². The zero-order valence-corrected chi connectivity index (χ0v) is 11.7. The number of fused-ring (bicyclic) bond motifs is 1. The summed E-state index contributed by atoms with van der Waals surface area (Å²) in [7, 11) is 0. The second-order valence-electron chi connectivity index (χ2n) is 4.60. The molecule has 1 atom stereocenters. The van der Waals surface area contributed by atoms with Crippen LogP contribution < -0.4 is 11.1 Å². The summed E-state index contributed by atoms with van der Waals surface area (Å²) in [6, 6.07) is 8.99. The first-order chi connectivity index (χ1) is 9.66. The number of nitrogens with two attached hydrogens (primary N) is 1. The van der Waals surface area contributed by atoms with Gasteiger partial charge < -0.3 is 11.1 Å². The quantitative estimate of drug-likeness (QED) is 0.710. The Morgan fingerprint density at radius 3 is 2.95 bits per heavy atom. The molecule has 0 radical (unpaired) electrons. The second kappa shape index (κ2) is 5.09. The molecule has 0 spiro atoms. The van der Waals surface area contributed by atoms with Gasteiger partial charge >= 0.3 is 0 Å². The van der Waals surface area contributed by atoms with Crippen molar-refractivity contribution in [1.82, 2.24) is 4.98 Å². The first kappa shape index (κ1) is 12.9. The Kier molecular flexibility index (Phi) is 3.28. The van der Waals surface area contributed by atoms with Crippen molar-refractivity contribution in [3.05, 3.63) is 52.6 Å². The molecule has 20 heavy (non-hydrogen) atoms. The number of pyridine rings is 1. The minimum Gasteiger partial charge on any atom is -0.398 e. The number of thiophene rings is 1. The average molecular weight is 287 g/mol. The van der Waals surface area contributed by atoms with E-state index in [4.69, 9.17) is 5.73 Å². The van der Waals surface area contributed by atoms with Crippen LogP contribution in [0.3, 0.4) is 0 Å². The van der Waals surface area contributed by atoms with Crippen LogP contribution in [-0.4, -0.2) is 4.98 Å². The highest BCUT2D eigenvalue weighted by atomic mass is 32.1. The van der Waals surface area contributed by atoms with Crippen LogP contribution in [0.1, 0.15) is 17.8 Å².